The highest BCUT2D eigenvalue weighted by molar-refractivity contribution is 7.71. The molecule has 16 heavy (non-hydrogen) atoms. The van der Waals surface area contributed by atoms with E-state index >= 15 is 0 Å². The van der Waals surface area contributed by atoms with E-state index in [1.54, 1.807) is 18.6 Å². The molecule has 2 heterocycles. The van der Waals surface area contributed by atoms with Crippen LogP contribution >= 0.6 is 12.2 Å². The van der Waals surface area contributed by atoms with Crippen molar-refractivity contribution in [2.24, 2.45) is 0 Å². The Labute approximate surface area is 98.8 Å². The Bertz CT molecular complexity index is 548. The van der Waals surface area contributed by atoms with Crippen molar-refractivity contribution in [3.05, 3.63) is 34.5 Å². The molecule has 4 nitrogen and oxygen atoms in total. The standard InChI is InChI=1S/C11H12N4S/c1-3-8-7(2)11(16)15-10(14-8)9-6-12-4-5-13-9/h4-6H,3H2,1-2H3,(H,14,15,16). The fraction of sp³-hybridized carbons (Fsp3) is 0.273. The van der Waals surface area contributed by atoms with E-state index in [0.717, 1.165) is 17.7 Å². The minimum atomic E-state index is 0.622. The number of aromatic nitrogens is 4. The van der Waals surface area contributed by atoms with Gasteiger partial charge in [0.2, 0.25) is 0 Å². The first kappa shape index (κ1) is 10.9. The minimum absolute atomic E-state index is 0.622. The van der Waals surface area contributed by atoms with Gasteiger partial charge in [0.05, 0.1) is 6.20 Å². The third kappa shape index (κ3) is 1.99. The van der Waals surface area contributed by atoms with Crippen LogP contribution in [0.5, 0.6) is 0 Å². The zero-order chi connectivity index (χ0) is 11.5. The average Bonchev–Trinajstić information content (AvgIpc) is 2.33. The molecule has 2 aromatic heterocycles. The summed E-state index contributed by atoms with van der Waals surface area (Å²) < 4.78 is 0.622. The van der Waals surface area contributed by atoms with Crippen molar-refractivity contribution in [1.29, 1.82) is 0 Å². The van der Waals surface area contributed by atoms with Crippen LogP contribution in [0.25, 0.3) is 11.5 Å². The normalized spacial score (nSPS) is 10.4. The Hall–Kier alpha value is -1.62. The lowest BCUT2D eigenvalue weighted by atomic mass is 10.2. The second kappa shape index (κ2) is 4.49. The molecule has 0 fully saturated rings. The highest BCUT2D eigenvalue weighted by atomic mass is 32.1. The zero-order valence-electron chi connectivity index (χ0n) is 9.19. The molecule has 2 aromatic rings. The van der Waals surface area contributed by atoms with Gasteiger partial charge in [0.25, 0.3) is 0 Å². The lowest BCUT2D eigenvalue weighted by Gasteiger charge is -2.06. The molecule has 5 heteroatoms. The van der Waals surface area contributed by atoms with Gasteiger partial charge in [0.1, 0.15) is 10.3 Å². The largest absolute Gasteiger partial charge is 0.342 e. The summed E-state index contributed by atoms with van der Waals surface area (Å²) in [7, 11) is 0. The average molecular weight is 232 g/mol. The van der Waals surface area contributed by atoms with E-state index in [-0.39, 0.29) is 0 Å². The molecule has 2 rings (SSSR count). The molecule has 1 N–H and O–H groups in total. The number of H-pyrrole nitrogens is 1. The molecule has 0 aliphatic heterocycles. The Morgan fingerprint density at radius 3 is 2.81 bits per heavy atom. The predicted octanol–water partition coefficient (Wildman–Crippen LogP) is 2.47. The van der Waals surface area contributed by atoms with E-state index in [4.69, 9.17) is 12.2 Å². The van der Waals surface area contributed by atoms with Crippen LogP contribution in [0.1, 0.15) is 18.2 Å². The highest BCUT2D eigenvalue weighted by Gasteiger charge is 2.06. The summed E-state index contributed by atoms with van der Waals surface area (Å²) in [6.07, 6.45) is 5.83. The highest BCUT2D eigenvalue weighted by Crippen LogP contribution is 2.14. The maximum atomic E-state index is 5.22. The molecule has 0 aromatic carbocycles. The van der Waals surface area contributed by atoms with Crippen molar-refractivity contribution in [2.75, 3.05) is 0 Å². The van der Waals surface area contributed by atoms with Crippen LogP contribution in [0.2, 0.25) is 0 Å². The van der Waals surface area contributed by atoms with Crippen molar-refractivity contribution in [2.45, 2.75) is 20.3 Å². The summed E-state index contributed by atoms with van der Waals surface area (Å²) in [6.45, 7) is 4.05. The summed E-state index contributed by atoms with van der Waals surface area (Å²) in [5.74, 6) is 0.681. The Balaban J connectivity index is 2.60. The van der Waals surface area contributed by atoms with Gasteiger partial charge in [0.15, 0.2) is 5.82 Å². The number of hydrogen-bond acceptors (Lipinski definition) is 4. The molecule has 0 aliphatic carbocycles. The maximum Gasteiger partial charge on any atom is 0.159 e. The van der Waals surface area contributed by atoms with Gasteiger partial charge in [-0.3, -0.25) is 4.98 Å². The molecule has 0 radical (unpaired) electrons. The van der Waals surface area contributed by atoms with Crippen LogP contribution < -0.4 is 0 Å². The van der Waals surface area contributed by atoms with Crippen LogP contribution in [-0.4, -0.2) is 19.9 Å². The van der Waals surface area contributed by atoms with E-state index < -0.39 is 0 Å². The molecule has 0 atom stereocenters. The van der Waals surface area contributed by atoms with Gasteiger partial charge in [0, 0.05) is 23.7 Å². The van der Waals surface area contributed by atoms with Gasteiger partial charge >= 0.3 is 0 Å². The van der Waals surface area contributed by atoms with Crippen molar-refractivity contribution < 1.29 is 0 Å². The second-order valence-electron chi connectivity index (χ2n) is 3.44. The first-order chi connectivity index (χ1) is 7.72. The summed E-state index contributed by atoms with van der Waals surface area (Å²) in [5, 5.41) is 0. The summed E-state index contributed by atoms with van der Waals surface area (Å²) >= 11 is 5.22. The van der Waals surface area contributed by atoms with E-state index in [1.165, 1.54) is 0 Å². The van der Waals surface area contributed by atoms with Gasteiger partial charge in [-0.25, -0.2) is 9.97 Å². The number of nitrogens with zero attached hydrogens (tertiary/aromatic N) is 3. The molecular formula is C11H12N4S. The van der Waals surface area contributed by atoms with Gasteiger partial charge in [-0.15, -0.1) is 0 Å². The number of rotatable bonds is 2. The third-order valence-corrected chi connectivity index (χ3v) is 2.81. The molecule has 0 bridgehead atoms. The lowest BCUT2D eigenvalue weighted by molar-refractivity contribution is 0.960. The monoisotopic (exact) mass is 232 g/mol. The van der Waals surface area contributed by atoms with Crippen LogP contribution in [-0.2, 0) is 6.42 Å². The SMILES string of the molecule is CCc1[nH]c(-c2cnccn2)nc(=S)c1C. The van der Waals surface area contributed by atoms with Crippen LogP contribution in [0, 0.1) is 11.6 Å². The molecule has 0 saturated carbocycles. The lowest BCUT2D eigenvalue weighted by Crippen LogP contribution is -2.00. The molecule has 0 unspecified atom stereocenters. The number of nitrogens with one attached hydrogen (secondary N) is 1. The van der Waals surface area contributed by atoms with E-state index in [2.05, 4.69) is 26.9 Å². The fourth-order valence-electron chi connectivity index (χ4n) is 1.48. The summed E-state index contributed by atoms with van der Waals surface area (Å²) in [6, 6.07) is 0. The predicted molar refractivity (Wildman–Crippen MR) is 64.6 cm³/mol. The van der Waals surface area contributed by atoms with E-state index in [0.29, 0.717) is 16.2 Å². The fourth-order valence-corrected chi connectivity index (χ4v) is 1.69. The van der Waals surface area contributed by atoms with Crippen molar-refractivity contribution >= 4 is 12.2 Å². The Morgan fingerprint density at radius 2 is 2.19 bits per heavy atom. The number of hydrogen-bond donors (Lipinski definition) is 1. The van der Waals surface area contributed by atoms with Crippen LogP contribution in [0.15, 0.2) is 18.6 Å². The van der Waals surface area contributed by atoms with E-state index in [9.17, 15) is 0 Å². The van der Waals surface area contributed by atoms with Crippen LogP contribution in [0.3, 0.4) is 0 Å². The van der Waals surface area contributed by atoms with E-state index in [1.807, 2.05) is 6.92 Å². The molecule has 0 aliphatic rings. The smallest absolute Gasteiger partial charge is 0.159 e. The molecule has 82 valence electrons. The molecule has 0 saturated heterocycles. The summed E-state index contributed by atoms with van der Waals surface area (Å²) in [5.41, 5.74) is 2.84. The Morgan fingerprint density at radius 1 is 1.38 bits per heavy atom. The first-order valence-electron chi connectivity index (χ1n) is 5.08. The van der Waals surface area contributed by atoms with Gasteiger partial charge in [-0.05, 0) is 13.3 Å². The number of aryl methyl sites for hydroxylation is 1. The first-order valence-corrected chi connectivity index (χ1v) is 5.49. The van der Waals surface area contributed by atoms with Crippen molar-refractivity contribution in [3.63, 3.8) is 0 Å². The minimum Gasteiger partial charge on any atom is -0.342 e. The van der Waals surface area contributed by atoms with Gasteiger partial charge in [-0.1, -0.05) is 19.1 Å². The van der Waals surface area contributed by atoms with Crippen molar-refractivity contribution in [3.8, 4) is 11.5 Å². The molecular weight excluding hydrogens is 220 g/mol. The van der Waals surface area contributed by atoms with Gasteiger partial charge < -0.3 is 4.98 Å². The quantitative estimate of drug-likeness (QED) is 0.808. The zero-order valence-corrected chi connectivity index (χ0v) is 10.0. The Kier molecular flexibility index (Phi) is 3.05. The topological polar surface area (TPSA) is 54.5 Å². The van der Waals surface area contributed by atoms with Gasteiger partial charge in [-0.2, -0.15) is 0 Å². The number of aromatic amines is 1. The second-order valence-corrected chi connectivity index (χ2v) is 3.83. The van der Waals surface area contributed by atoms with Crippen LogP contribution in [0.4, 0.5) is 0 Å². The third-order valence-electron chi connectivity index (χ3n) is 2.42. The molecule has 0 amide bonds. The summed E-state index contributed by atoms with van der Waals surface area (Å²) in [4.78, 5) is 15.8. The molecule has 0 spiro atoms. The maximum absolute atomic E-state index is 5.22. The van der Waals surface area contributed by atoms with Crippen molar-refractivity contribution in [1.82, 2.24) is 19.9 Å².